The second kappa shape index (κ2) is 8.37. The minimum atomic E-state index is -4.10. The maximum atomic E-state index is 12.5. The molecule has 3 unspecified atom stereocenters. The number of nitrogens with one attached hydrogen (secondary N) is 1. The highest BCUT2D eigenvalue weighted by atomic mass is 19.4. The fourth-order valence-electron chi connectivity index (χ4n) is 3.48. The molecule has 0 aromatic rings. The van der Waals surface area contributed by atoms with Gasteiger partial charge in [0.2, 0.25) is 0 Å². The molecule has 0 amide bonds. The summed E-state index contributed by atoms with van der Waals surface area (Å²) in [5.41, 5.74) is 0. The van der Waals surface area contributed by atoms with Gasteiger partial charge in [0.25, 0.3) is 0 Å². The standard InChI is InChI=1S/C16H31F3N2/c1-5-8-20-15-7-6-13(12(2)3)9-14(15)10-21(4)11-16(17,18)19/h12-15,20H,5-11H2,1-4H3. The molecule has 2 nitrogen and oxygen atoms in total. The molecular weight excluding hydrogens is 277 g/mol. The van der Waals surface area contributed by atoms with Crippen LogP contribution in [0.5, 0.6) is 0 Å². The molecule has 0 aromatic carbocycles. The van der Waals surface area contributed by atoms with Gasteiger partial charge in [-0.2, -0.15) is 13.2 Å². The zero-order valence-corrected chi connectivity index (χ0v) is 13.8. The lowest BCUT2D eigenvalue weighted by Gasteiger charge is -2.40. The van der Waals surface area contributed by atoms with Crippen LogP contribution in [0.3, 0.4) is 0 Å². The van der Waals surface area contributed by atoms with E-state index in [-0.39, 0.29) is 0 Å². The molecule has 1 fully saturated rings. The molecule has 1 aliphatic rings. The number of alkyl halides is 3. The summed E-state index contributed by atoms with van der Waals surface area (Å²) in [5, 5.41) is 3.54. The summed E-state index contributed by atoms with van der Waals surface area (Å²) < 4.78 is 37.5. The van der Waals surface area contributed by atoms with Crippen LogP contribution in [0.2, 0.25) is 0 Å². The van der Waals surface area contributed by atoms with E-state index in [4.69, 9.17) is 0 Å². The Morgan fingerprint density at radius 2 is 1.90 bits per heavy atom. The largest absolute Gasteiger partial charge is 0.401 e. The van der Waals surface area contributed by atoms with Crippen LogP contribution in [0.4, 0.5) is 13.2 Å². The molecule has 5 heteroatoms. The van der Waals surface area contributed by atoms with Crippen LogP contribution in [0, 0.1) is 17.8 Å². The lowest BCUT2D eigenvalue weighted by atomic mass is 9.73. The molecule has 1 aliphatic carbocycles. The van der Waals surface area contributed by atoms with Crippen LogP contribution in [0.25, 0.3) is 0 Å². The monoisotopic (exact) mass is 308 g/mol. The number of rotatable bonds is 7. The minimum Gasteiger partial charge on any atom is -0.314 e. The van der Waals surface area contributed by atoms with Crippen LogP contribution in [0.1, 0.15) is 46.5 Å². The molecule has 0 aromatic heterocycles. The maximum Gasteiger partial charge on any atom is 0.401 e. The van der Waals surface area contributed by atoms with Crippen molar-refractivity contribution >= 4 is 0 Å². The molecule has 0 heterocycles. The number of halogens is 3. The molecule has 0 saturated heterocycles. The van der Waals surface area contributed by atoms with Gasteiger partial charge in [-0.15, -0.1) is 0 Å². The highest BCUT2D eigenvalue weighted by Crippen LogP contribution is 2.34. The molecule has 0 bridgehead atoms. The topological polar surface area (TPSA) is 15.3 Å². The van der Waals surface area contributed by atoms with Gasteiger partial charge in [-0.05, 0) is 57.0 Å². The van der Waals surface area contributed by atoms with Gasteiger partial charge in [-0.1, -0.05) is 20.8 Å². The Morgan fingerprint density at radius 3 is 2.43 bits per heavy atom. The van der Waals surface area contributed by atoms with Gasteiger partial charge in [-0.3, -0.25) is 4.90 Å². The molecule has 21 heavy (non-hydrogen) atoms. The first-order chi connectivity index (χ1) is 9.73. The third-order valence-corrected chi connectivity index (χ3v) is 4.62. The fraction of sp³-hybridized carbons (Fsp3) is 1.00. The first-order valence-electron chi connectivity index (χ1n) is 8.21. The Labute approximate surface area is 127 Å². The molecule has 126 valence electrons. The first kappa shape index (κ1) is 18.8. The van der Waals surface area contributed by atoms with Crippen LogP contribution >= 0.6 is 0 Å². The summed E-state index contributed by atoms with van der Waals surface area (Å²) >= 11 is 0. The average molecular weight is 308 g/mol. The van der Waals surface area contributed by atoms with Crippen molar-refractivity contribution in [3.05, 3.63) is 0 Å². The van der Waals surface area contributed by atoms with E-state index >= 15 is 0 Å². The number of hydrogen-bond donors (Lipinski definition) is 1. The summed E-state index contributed by atoms with van der Waals surface area (Å²) in [6.45, 7) is 7.25. The molecule has 1 rings (SSSR count). The van der Waals surface area contributed by atoms with E-state index in [9.17, 15) is 13.2 Å². The van der Waals surface area contributed by atoms with Gasteiger partial charge in [0.15, 0.2) is 0 Å². The third-order valence-electron chi connectivity index (χ3n) is 4.62. The molecule has 1 saturated carbocycles. The summed E-state index contributed by atoms with van der Waals surface area (Å²) in [5.74, 6) is 1.59. The lowest BCUT2D eigenvalue weighted by Crippen LogP contribution is -2.47. The first-order valence-corrected chi connectivity index (χ1v) is 8.21. The molecular formula is C16H31F3N2. The maximum absolute atomic E-state index is 12.5. The number of hydrogen-bond acceptors (Lipinski definition) is 2. The highest BCUT2D eigenvalue weighted by molar-refractivity contribution is 4.87. The van der Waals surface area contributed by atoms with Crippen molar-refractivity contribution in [1.29, 1.82) is 0 Å². The Kier molecular flexibility index (Phi) is 7.48. The van der Waals surface area contributed by atoms with Crippen molar-refractivity contribution in [2.24, 2.45) is 17.8 Å². The smallest absolute Gasteiger partial charge is 0.314 e. The lowest BCUT2D eigenvalue weighted by molar-refractivity contribution is -0.144. The molecule has 1 N–H and O–H groups in total. The van der Waals surface area contributed by atoms with E-state index in [0.717, 1.165) is 25.8 Å². The van der Waals surface area contributed by atoms with E-state index < -0.39 is 12.7 Å². The van der Waals surface area contributed by atoms with Crippen LogP contribution < -0.4 is 5.32 Å². The van der Waals surface area contributed by atoms with E-state index in [1.54, 1.807) is 7.05 Å². The molecule has 0 aliphatic heterocycles. The van der Waals surface area contributed by atoms with Gasteiger partial charge < -0.3 is 5.32 Å². The SMILES string of the molecule is CCCNC1CCC(C(C)C)CC1CN(C)CC(F)(F)F. The molecule has 0 radical (unpaired) electrons. The van der Waals surface area contributed by atoms with Crippen molar-refractivity contribution in [1.82, 2.24) is 10.2 Å². The Bertz CT molecular complexity index is 292. The summed E-state index contributed by atoms with van der Waals surface area (Å²) in [4.78, 5) is 1.44. The number of nitrogens with zero attached hydrogens (tertiary/aromatic N) is 1. The van der Waals surface area contributed by atoms with Gasteiger partial charge in [-0.25, -0.2) is 0 Å². The highest BCUT2D eigenvalue weighted by Gasteiger charge is 2.35. The van der Waals surface area contributed by atoms with Crippen molar-refractivity contribution in [3.8, 4) is 0 Å². The van der Waals surface area contributed by atoms with Crippen molar-refractivity contribution in [3.63, 3.8) is 0 Å². The van der Waals surface area contributed by atoms with Gasteiger partial charge >= 0.3 is 6.18 Å². The van der Waals surface area contributed by atoms with Crippen LogP contribution in [-0.2, 0) is 0 Å². The van der Waals surface area contributed by atoms with E-state index in [1.165, 1.54) is 11.3 Å². The Hall–Kier alpha value is -0.290. The van der Waals surface area contributed by atoms with Crippen molar-refractivity contribution in [2.45, 2.75) is 58.7 Å². The second-order valence-electron chi connectivity index (χ2n) is 6.95. The summed E-state index contributed by atoms with van der Waals surface area (Å²) in [6, 6.07) is 0.371. The summed E-state index contributed by atoms with van der Waals surface area (Å²) in [6.07, 6.45) is 0.287. The van der Waals surface area contributed by atoms with E-state index in [2.05, 4.69) is 26.1 Å². The zero-order valence-electron chi connectivity index (χ0n) is 13.8. The van der Waals surface area contributed by atoms with Crippen LogP contribution in [-0.4, -0.2) is 43.8 Å². The predicted octanol–water partition coefficient (Wildman–Crippen LogP) is 3.92. The Balaban J connectivity index is 2.60. The molecule has 0 spiro atoms. The third kappa shape index (κ3) is 7.00. The normalized spacial score (nSPS) is 27.6. The zero-order chi connectivity index (χ0) is 16.0. The van der Waals surface area contributed by atoms with E-state index in [0.29, 0.717) is 30.3 Å². The summed E-state index contributed by atoms with van der Waals surface area (Å²) in [7, 11) is 1.59. The van der Waals surface area contributed by atoms with Gasteiger partial charge in [0, 0.05) is 12.6 Å². The Morgan fingerprint density at radius 1 is 1.24 bits per heavy atom. The van der Waals surface area contributed by atoms with Crippen molar-refractivity contribution in [2.75, 3.05) is 26.7 Å². The quantitative estimate of drug-likeness (QED) is 0.767. The fourth-order valence-corrected chi connectivity index (χ4v) is 3.48. The van der Waals surface area contributed by atoms with Crippen LogP contribution in [0.15, 0.2) is 0 Å². The minimum absolute atomic E-state index is 0.324. The average Bonchev–Trinajstić information content (AvgIpc) is 2.34. The van der Waals surface area contributed by atoms with E-state index in [1.807, 2.05) is 0 Å². The van der Waals surface area contributed by atoms with Gasteiger partial charge in [0.05, 0.1) is 6.54 Å². The van der Waals surface area contributed by atoms with Crippen molar-refractivity contribution < 1.29 is 13.2 Å². The van der Waals surface area contributed by atoms with Gasteiger partial charge in [0.1, 0.15) is 0 Å². The second-order valence-corrected chi connectivity index (χ2v) is 6.95. The predicted molar refractivity (Wildman–Crippen MR) is 81.3 cm³/mol. The molecule has 3 atom stereocenters.